The van der Waals surface area contributed by atoms with Crippen LogP contribution in [0.3, 0.4) is 0 Å². The van der Waals surface area contributed by atoms with E-state index in [0.29, 0.717) is 0 Å². The predicted octanol–water partition coefficient (Wildman–Crippen LogP) is 2.78. The number of rotatable bonds is 9. The van der Waals surface area contributed by atoms with Crippen molar-refractivity contribution in [2.45, 2.75) is 58.3 Å². The van der Waals surface area contributed by atoms with Crippen molar-refractivity contribution in [1.29, 1.82) is 0 Å². The molecule has 0 aliphatic heterocycles. The lowest BCUT2D eigenvalue weighted by atomic mass is 10.2. The van der Waals surface area contributed by atoms with Gasteiger partial charge >= 0.3 is 8.80 Å². The van der Waals surface area contributed by atoms with Crippen molar-refractivity contribution in [1.82, 2.24) is 0 Å². The first-order chi connectivity index (χ1) is 8.01. The molecule has 1 unspecified atom stereocenters. The summed E-state index contributed by atoms with van der Waals surface area (Å²) in [6.07, 6.45) is 2.65. The summed E-state index contributed by atoms with van der Waals surface area (Å²) in [5.41, 5.74) is 0. The Hall–Kier alpha value is 0.0569. The first-order valence-corrected chi connectivity index (χ1v) is 8.07. The summed E-state index contributed by atoms with van der Waals surface area (Å²) >= 11 is 0. The molecule has 17 heavy (non-hydrogen) atoms. The Labute approximate surface area is 107 Å². The van der Waals surface area contributed by atoms with Gasteiger partial charge in [-0.1, -0.05) is 20.8 Å². The van der Waals surface area contributed by atoms with E-state index >= 15 is 0 Å². The summed E-state index contributed by atoms with van der Waals surface area (Å²) in [6, 6.07) is 0. The molecule has 0 N–H and O–H groups in total. The van der Waals surface area contributed by atoms with E-state index < -0.39 is 14.0 Å². The van der Waals surface area contributed by atoms with E-state index in [1.807, 2.05) is 6.92 Å². The summed E-state index contributed by atoms with van der Waals surface area (Å²) in [4.78, 5) is 0. The van der Waals surface area contributed by atoms with E-state index in [-0.39, 0.29) is 6.10 Å². The van der Waals surface area contributed by atoms with E-state index in [1.54, 1.807) is 21.3 Å². The molecule has 0 heterocycles. The largest absolute Gasteiger partial charge is 0.534 e. The van der Waals surface area contributed by atoms with E-state index in [2.05, 4.69) is 20.8 Å². The molecule has 0 saturated heterocycles. The molecule has 5 heteroatoms. The number of methoxy groups -OCH3 is 1. The van der Waals surface area contributed by atoms with Crippen LogP contribution in [0.25, 0.3) is 0 Å². The van der Waals surface area contributed by atoms with Crippen molar-refractivity contribution in [3.8, 4) is 0 Å². The zero-order valence-corrected chi connectivity index (χ0v) is 13.3. The lowest BCUT2D eigenvalue weighted by Gasteiger charge is -2.43. The van der Waals surface area contributed by atoms with E-state index in [1.165, 1.54) is 0 Å². The van der Waals surface area contributed by atoms with Gasteiger partial charge in [0.2, 0.25) is 0 Å². The molecule has 0 bridgehead atoms. The highest BCUT2D eigenvalue weighted by atomic mass is 28.4. The van der Waals surface area contributed by atoms with Crippen molar-refractivity contribution in [2.75, 3.05) is 21.3 Å². The molecule has 1 atom stereocenters. The molecule has 0 aliphatic carbocycles. The average Bonchev–Trinajstić information content (AvgIpc) is 2.39. The smallest absolute Gasteiger partial charge is 0.375 e. The van der Waals surface area contributed by atoms with Gasteiger partial charge in [0.15, 0.2) is 0 Å². The van der Waals surface area contributed by atoms with Crippen molar-refractivity contribution >= 4 is 8.80 Å². The Morgan fingerprint density at radius 2 is 1.47 bits per heavy atom. The highest BCUT2D eigenvalue weighted by Crippen LogP contribution is 2.34. The Morgan fingerprint density at radius 1 is 1.00 bits per heavy atom. The SMILES string of the molecule is CCC(C)O[Si](OC)(OC)C(CC)(CC)OC. The lowest BCUT2D eigenvalue weighted by Crippen LogP contribution is -2.65. The minimum absolute atomic E-state index is 0.106. The Morgan fingerprint density at radius 3 is 1.71 bits per heavy atom. The Bertz CT molecular complexity index is 194. The second-order valence-electron chi connectivity index (χ2n) is 4.21. The van der Waals surface area contributed by atoms with Crippen LogP contribution in [0.4, 0.5) is 0 Å². The summed E-state index contributed by atoms with van der Waals surface area (Å²) < 4.78 is 23.1. The van der Waals surface area contributed by atoms with Gasteiger partial charge in [-0.2, -0.15) is 0 Å². The molecular weight excluding hydrogens is 236 g/mol. The Kier molecular flexibility index (Phi) is 7.51. The second-order valence-corrected chi connectivity index (χ2v) is 7.28. The number of hydrogen-bond donors (Lipinski definition) is 0. The third-order valence-corrected chi connectivity index (χ3v) is 7.37. The number of ether oxygens (including phenoxy) is 1. The standard InChI is InChI=1S/C12H28O4Si/c1-8-11(4)16-17(14-6,15-7)12(9-2,10-3)13-5/h11H,8-10H2,1-7H3. The van der Waals surface area contributed by atoms with Crippen molar-refractivity contribution in [3.63, 3.8) is 0 Å². The minimum Gasteiger partial charge on any atom is -0.375 e. The van der Waals surface area contributed by atoms with Crippen LogP contribution in [-0.2, 0) is 18.0 Å². The molecule has 0 aliphatic rings. The van der Waals surface area contributed by atoms with Crippen LogP contribution in [0, 0.1) is 0 Å². The predicted molar refractivity (Wildman–Crippen MR) is 70.9 cm³/mol. The molecule has 0 aromatic rings. The molecule has 104 valence electrons. The van der Waals surface area contributed by atoms with E-state index in [4.69, 9.17) is 18.0 Å². The first-order valence-electron chi connectivity index (χ1n) is 6.34. The molecule has 0 aromatic carbocycles. The fourth-order valence-corrected chi connectivity index (χ4v) is 5.23. The lowest BCUT2D eigenvalue weighted by molar-refractivity contribution is -0.0568. The van der Waals surface area contributed by atoms with Crippen molar-refractivity contribution in [2.24, 2.45) is 0 Å². The first kappa shape index (κ1) is 17.1. The van der Waals surface area contributed by atoms with Gasteiger partial charge < -0.3 is 18.0 Å². The quantitative estimate of drug-likeness (QED) is 0.600. The van der Waals surface area contributed by atoms with Crippen LogP contribution in [0.5, 0.6) is 0 Å². The topological polar surface area (TPSA) is 36.9 Å². The van der Waals surface area contributed by atoms with Crippen LogP contribution in [-0.4, -0.2) is 41.5 Å². The highest BCUT2D eigenvalue weighted by molar-refractivity contribution is 6.64. The summed E-state index contributed by atoms with van der Waals surface area (Å²) in [6.45, 7) is 8.27. The maximum atomic E-state index is 6.09. The third kappa shape index (κ3) is 3.29. The zero-order valence-electron chi connectivity index (χ0n) is 12.3. The van der Waals surface area contributed by atoms with Gasteiger partial charge in [-0.25, -0.2) is 0 Å². The maximum absolute atomic E-state index is 6.09. The molecule has 0 rings (SSSR count). The van der Waals surface area contributed by atoms with Gasteiger partial charge in [-0.05, 0) is 26.2 Å². The molecule has 0 radical (unpaired) electrons. The van der Waals surface area contributed by atoms with Crippen molar-refractivity contribution < 1.29 is 18.0 Å². The zero-order chi connectivity index (χ0) is 13.5. The fraction of sp³-hybridized carbons (Fsp3) is 1.00. The van der Waals surface area contributed by atoms with Gasteiger partial charge in [0.25, 0.3) is 0 Å². The van der Waals surface area contributed by atoms with Gasteiger partial charge in [0.1, 0.15) is 5.22 Å². The van der Waals surface area contributed by atoms with Crippen molar-refractivity contribution in [3.05, 3.63) is 0 Å². The number of hydrogen-bond acceptors (Lipinski definition) is 4. The van der Waals surface area contributed by atoms with Gasteiger partial charge in [-0.15, -0.1) is 0 Å². The Balaban J connectivity index is 5.26. The van der Waals surface area contributed by atoms with Gasteiger partial charge in [0, 0.05) is 27.4 Å². The molecule has 0 aromatic heterocycles. The third-order valence-electron chi connectivity index (χ3n) is 3.56. The second kappa shape index (κ2) is 7.48. The van der Waals surface area contributed by atoms with Gasteiger partial charge in [0.05, 0.1) is 0 Å². The normalized spacial score (nSPS) is 15.0. The molecule has 0 spiro atoms. The fourth-order valence-electron chi connectivity index (χ4n) is 2.10. The van der Waals surface area contributed by atoms with Crippen LogP contribution in [0.1, 0.15) is 47.0 Å². The molecule has 0 saturated carbocycles. The van der Waals surface area contributed by atoms with E-state index in [9.17, 15) is 0 Å². The minimum atomic E-state index is -2.83. The van der Waals surface area contributed by atoms with Crippen LogP contribution >= 0.6 is 0 Å². The molecular formula is C12H28O4Si. The van der Waals surface area contributed by atoms with Crippen LogP contribution < -0.4 is 0 Å². The summed E-state index contributed by atoms with van der Waals surface area (Å²) in [7, 11) is 2.17. The molecule has 4 nitrogen and oxygen atoms in total. The highest BCUT2D eigenvalue weighted by Gasteiger charge is 2.60. The van der Waals surface area contributed by atoms with E-state index in [0.717, 1.165) is 19.3 Å². The van der Waals surface area contributed by atoms with Gasteiger partial charge in [-0.3, -0.25) is 0 Å². The summed E-state index contributed by atoms with van der Waals surface area (Å²) in [5.74, 6) is 0. The molecule has 0 amide bonds. The molecule has 0 fully saturated rings. The average molecular weight is 264 g/mol. The monoisotopic (exact) mass is 264 g/mol. The van der Waals surface area contributed by atoms with Crippen LogP contribution in [0.2, 0.25) is 0 Å². The maximum Gasteiger partial charge on any atom is 0.534 e. The summed E-state index contributed by atoms with van der Waals surface area (Å²) in [5, 5.41) is -0.458. The van der Waals surface area contributed by atoms with Crippen LogP contribution in [0.15, 0.2) is 0 Å².